The standard InChI is InChI=1S/C36H27F3N2O3/c1-3-41(26-14-11-22(2)12-15-26)27-16-17-30-33(21-27)43-32-18-13-25(40-24-8-6-7-23(19-24)36(37,38)39)20-31(32)35(30)29-10-5-4-9-28(29)34(42)44-35/h4-21,40H,3H2,1-2H3. The van der Waals surface area contributed by atoms with Crippen LogP contribution in [0.1, 0.15) is 45.1 Å². The summed E-state index contributed by atoms with van der Waals surface area (Å²) >= 11 is 0. The van der Waals surface area contributed by atoms with Crippen LogP contribution in [-0.4, -0.2) is 12.5 Å². The van der Waals surface area contributed by atoms with Crippen LogP contribution in [0.3, 0.4) is 0 Å². The number of esters is 1. The summed E-state index contributed by atoms with van der Waals surface area (Å²) in [5.74, 6) is 0.560. The predicted molar refractivity (Wildman–Crippen MR) is 163 cm³/mol. The first-order chi connectivity index (χ1) is 21.2. The van der Waals surface area contributed by atoms with Gasteiger partial charge in [0.25, 0.3) is 0 Å². The molecule has 220 valence electrons. The van der Waals surface area contributed by atoms with Crippen molar-refractivity contribution in [3.8, 4) is 11.5 Å². The Morgan fingerprint density at radius 1 is 0.750 bits per heavy atom. The molecule has 44 heavy (non-hydrogen) atoms. The molecule has 1 spiro atoms. The molecule has 1 atom stereocenters. The summed E-state index contributed by atoms with van der Waals surface area (Å²) in [7, 11) is 0. The Balaban J connectivity index is 1.36. The molecule has 0 radical (unpaired) electrons. The Bertz CT molecular complexity index is 1920. The molecule has 2 aliphatic rings. The maximum Gasteiger partial charge on any atom is 0.416 e. The predicted octanol–water partition coefficient (Wildman–Crippen LogP) is 9.48. The van der Waals surface area contributed by atoms with Gasteiger partial charge in [0, 0.05) is 52.1 Å². The van der Waals surface area contributed by atoms with Gasteiger partial charge in [0.2, 0.25) is 0 Å². The number of carbonyl (C=O) groups excluding carboxylic acids is 1. The monoisotopic (exact) mass is 592 g/mol. The van der Waals surface area contributed by atoms with Gasteiger partial charge in [-0.1, -0.05) is 42.0 Å². The second-order valence-electron chi connectivity index (χ2n) is 10.9. The Kier molecular flexibility index (Phi) is 6.39. The fraction of sp³-hybridized carbons (Fsp3) is 0.139. The minimum Gasteiger partial charge on any atom is -0.456 e. The van der Waals surface area contributed by atoms with Gasteiger partial charge in [0.05, 0.1) is 11.1 Å². The van der Waals surface area contributed by atoms with Crippen LogP contribution in [0.25, 0.3) is 0 Å². The zero-order chi connectivity index (χ0) is 30.6. The molecule has 5 nitrogen and oxygen atoms in total. The molecule has 0 amide bonds. The SMILES string of the molecule is CCN(c1ccc(C)cc1)c1ccc2c(c1)Oc1ccc(Nc3cccc(C(F)(F)F)c3)cc1C21OC(=O)c2ccccc21. The molecule has 0 bridgehead atoms. The Morgan fingerprint density at radius 3 is 2.27 bits per heavy atom. The molecule has 7 rings (SSSR count). The van der Waals surface area contributed by atoms with E-state index in [1.54, 1.807) is 36.4 Å². The highest BCUT2D eigenvalue weighted by atomic mass is 19.4. The van der Waals surface area contributed by atoms with E-state index >= 15 is 0 Å². The van der Waals surface area contributed by atoms with Gasteiger partial charge in [0.15, 0.2) is 5.60 Å². The third-order valence-corrected chi connectivity index (χ3v) is 8.15. The van der Waals surface area contributed by atoms with Crippen LogP contribution in [-0.2, 0) is 16.5 Å². The lowest BCUT2D eigenvalue weighted by atomic mass is 9.77. The Hall–Kier alpha value is -5.24. The molecule has 0 saturated carbocycles. The topological polar surface area (TPSA) is 50.8 Å². The number of benzene rings is 5. The molecule has 8 heteroatoms. The largest absolute Gasteiger partial charge is 0.456 e. The van der Waals surface area contributed by atoms with E-state index in [0.717, 1.165) is 23.5 Å². The van der Waals surface area contributed by atoms with Gasteiger partial charge < -0.3 is 19.7 Å². The van der Waals surface area contributed by atoms with Crippen LogP contribution < -0.4 is 15.0 Å². The molecular weight excluding hydrogens is 565 g/mol. The number of hydrogen-bond acceptors (Lipinski definition) is 5. The first-order valence-electron chi connectivity index (χ1n) is 14.3. The van der Waals surface area contributed by atoms with Crippen molar-refractivity contribution in [3.05, 3.63) is 143 Å². The second-order valence-corrected chi connectivity index (χ2v) is 10.9. The van der Waals surface area contributed by atoms with E-state index in [-0.39, 0.29) is 5.69 Å². The van der Waals surface area contributed by atoms with Crippen molar-refractivity contribution in [1.82, 2.24) is 0 Å². The highest BCUT2D eigenvalue weighted by molar-refractivity contribution is 5.97. The van der Waals surface area contributed by atoms with Crippen molar-refractivity contribution in [3.63, 3.8) is 0 Å². The summed E-state index contributed by atoms with van der Waals surface area (Å²) in [5.41, 5.74) is 4.17. The zero-order valence-electron chi connectivity index (χ0n) is 23.9. The molecule has 0 fully saturated rings. The van der Waals surface area contributed by atoms with E-state index in [2.05, 4.69) is 41.4 Å². The zero-order valence-corrected chi connectivity index (χ0v) is 23.9. The molecule has 2 aliphatic heterocycles. The normalized spacial score (nSPS) is 16.4. The average Bonchev–Trinajstić information content (AvgIpc) is 3.31. The summed E-state index contributed by atoms with van der Waals surface area (Å²) in [5, 5.41) is 3.08. The Labute approximate surface area is 252 Å². The van der Waals surface area contributed by atoms with Crippen LogP contribution in [0, 0.1) is 6.92 Å². The van der Waals surface area contributed by atoms with Gasteiger partial charge in [0.1, 0.15) is 11.5 Å². The van der Waals surface area contributed by atoms with Crippen LogP contribution in [0.4, 0.5) is 35.9 Å². The summed E-state index contributed by atoms with van der Waals surface area (Å²) < 4.78 is 52.9. The lowest BCUT2D eigenvalue weighted by Gasteiger charge is -2.37. The number of aryl methyl sites for hydroxylation is 1. The number of nitrogens with zero attached hydrogens (tertiary/aromatic N) is 1. The fourth-order valence-corrected chi connectivity index (χ4v) is 6.09. The molecule has 1 N–H and O–H groups in total. The lowest BCUT2D eigenvalue weighted by molar-refractivity contribution is -0.137. The first kappa shape index (κ1) is 27.6. The van der Waals surface area contributed by atoms with Crippen molar-refractivity contribution in [2.45, 2.75) is 25.6 Å². The quantitative estimate of drug-likeness (QED) is 0.206. The smallest absolute Gasteiger partial charge is 0.416 e. The van der Waals surface area contributed by atoms with Crippen molar-refractivity contribution < 1.29 is 27.4 Å². The summed E-state index contributed by atoms with van der Waals surface area (Å²) in [6.45, 7) is 4.84. The minimum atomic E-state index is -4.47. The molecule has 0 aromatic heterocycles. The molecule has 5 aromatic carbocycles. The lowest BCUT2D eigenvalue weighted by Crippen LogP contribution is -2.33. The van der Waals surface area contributed by atoms with Crippen LogP contribution in [0.5, 0.6) is 11.5 Å². The van der Waals surface area contributed by atoms with E-state index in [9.17, 15) is 18.0 Å². The fourth-order valence-electron chi connectivity index (χ4n) is 6.09. The number of nitrogens with one attached hydrogen (secondary N) is 1. The van der Waals surface area contributed by atoms with Gasteiger partial charge in [-0.2, -0.15) is 13.2 Å². The number of anilines is 4. The number of rotatable bonds is 5. The number of hydrogen-bond donors (Lipinski definition) is 1. The average molecular weight is 593 g/mol. The van der Waals surface area contributed by atoms with Gasteiger partial charge in [-0.25, -0.2) is 4.79 Å². The number of ether oxygens (including phenoxy) is 2. The molecule has 0 saturated heterocycles. The van der Waals surface area contributed by atoms with Crippen LogP contribution in [0.15, 0.2) is 109 Å². The maximum absolute atomic E-state index is 13.4. The number of carbonyl (C=O) groups is 1. The highest BCUT2D eigenvalue weighted by Crippen LogP contribution is 2.57. The second kappa shape index (κ2) is 10.2. The molecule has 2 heterocycles. The van der Waals surface area contributed by atoms with E-state index in [1.807, 2.05) is 37.3 Å². The van der Waals surface area contributed by atoms with Gasteiger partial charge in [-0.05, 0) is 80.6 Å². The van der Waals surface area contributed by atoms with E-state index < -0.39 is 23.3 Å². The van der Waals surface area contributed by atoms with Gasteiger partial charge >= 0.3 is 12.1 Å². The van der Waals surface area contributed by atoms with Gasteiger partial charge in [-0.15, -0.1) is 0 Å². The van der Waals surface area contributed by atoms with Crippen molar-refractivity contribution in [1.29, 1.82) is 0 Å². The number of fused-ring (bicyclic) bond motifs is 6. The maximum atomic E-state index is 13.4. The van der Waals surface area contributed by atoms with E-state index in [4.69, 9.17) is 9.47 Å². The third kappa shape index (κ3) is 4.45. The highest BCUT2D eigenvalue weighted by Gasteiger charge is 2.53. The molecular formula is C36H27F3N2O3. The van der Waals surface area contributed by atoms with Crippen molar-refractivity contribution >= 4 is 28.7 Å². The number of alkyl halides is 3. The Morgan fingerprint density at radius 2 is 1.50 bits per heavy atom. The van der Waals surface area contributed by atoms with Crippen LogP contribution >= 0.6 is 0 Å². The van der Waals surface area contributed by atoms with Gasteiger partial charge in [-0.3, -0.25) is 0 Å². The van der Waals surface area contributed by atoms with Crippen molar-refractivity contribution in [2.24, 2.45) is 0 Å². The summed E-state index contributed by atoms with van der Waals surface area (Å²) in [6, 6.07) is 31.6. The number of halogens is 3. The first-order valence-corrected chi connectivity index (χ1v) is 14.3. The third-order valence-electron chi connectivity index (χ3n) is 8.15. The van der Waals surface area contributed by atoms with E-state index in [1.165, 1.54) is 11.6 Å². The van der Waals surface area contributed by atoms with Crippen LogP contribution in [0.2, 0.25) is 0 Å². The summed E-state index contributed by atoms with van der Waals surface area (Å²) in [4.78, 5) is 15.5. The van der Waals surface area contributed by atoms with Crippen molar-refractivity contribution in [2.75, 3.05) is 16.8 Å². The molecule has 5 aromatic rings. The van der Waals surface area contributed by atoms with E-state index in [0.29, 0.717) is 46.0 Å². The summed E-state index contributed by atoms with van der Waals surface area (Å²) in [6.07, 6.45) is -4.47. The molecule has 0 aliphatic carbocycles. The minimum absolute atomic E-state index is 0.273. The molecule has 1 unspecified atom stereocenters.